The lowest BCUT2D eigenvalue weighted by molar-refractivity contribution is 0.0671. The van der Waals surface area contributed by atoms with Crippen LogP contribution in [0.4, 0.5) is 0 Å². The molecule has 0 fully saturated rings. The van der Waals surface area contributed by atoms with Gasteiger partial charge in [-0.15, -0.1) is 0 Å². The van der Waals surface area contributed by atoms with Gasteiger partial charge in [0.1, 0.15) is 13.2 Å². The molecule has 0 saturated heterocycles. The molecule has 2 aromatic rings. The van der Waals surface area contributed by atoms with Crippen molar-refractivity contribution in [2.75, 3.05) is 13.2 Å². The highest BCUT2D eigenvalue weighted by Crippen LogP contribution is 2.13. The van der Waals surface area contributed by atoms with Crippen LogP contribution in [-0.2, 0) is 4.74 Å². The molecule has 120 valence electrons. The zero-order valence-corrected chi connectivity index (χ0v) is 14.1. The highest BCUT2D eigenvalue weighted by atomic mass is 16.5. The maximum absolute atomic E-state index is 12.2. The Balaban J connectivity index is 1.96. The number of benzene rings is 2. The lowest BCUT2D eigenvalue weighted by Crippen LogP contribution is -2.16. The fraction of sp³-hybridized carbons (Fsp3) is 0.300. The first-order valence-electron chi connectivity index (χ1n) is 7.67. The summed E-state index contributed by atoms with van der Waals surface area (Å²) in [6.07, 6.45) is 0. The molecule has 0 N–H and O–H groups in total. The molecule has 0 aliphatic heterocycles. The third-order valence-electron chi connectivity index (χ3n) is 3.85. The number of hydrogen-bond acceptors (Lipinski definition) is 3. The maximum atomic E-state index is 12.2. The summed E-state index contributed by atoms with van der Waals surface area (Å²) in [7, 11) is 0. The van der Waals surface area contributed by atoms with E-state index in [4.69, 9.17) is 4.74 Å². The number of ether oxygens (including phenoxy) is 1. The molecule has 0 saturated carbocycles. The number of carbonyl (C=O) groups is 2. The first-order valence-corrected chi connectivity index (χ1v) is 7.67. The second kappa shape index (κ2) is 7.34. The van der Waals surface area contributed by atoms with Gasteiger partial charge in [0.15, 0.2) is 11.6 Å². The second-order valence-corrected chi connectivity index (χ2v) is 5.98. The van der Waals surface area contributed by atoms with Crippen LogP contribution in [0.1, 0.15) is 43.0 Å². The van der Waals surface area contributed by atoms with Gasteiger partial charge in [0.05, 0.1) is 0 Å². The van der Waals surface area contributed by atoms with E-state index in [2.05, 4.69) is 0 Å². The molecule has 0 spiro atoms. The van der Waals surface area contributed by atoms with Crippen molar-refractivity contribution in [2.24, 2.45) is 0 Å². The first kappa shape index (κ1) is 17.1. The molecule has 0 aliphatic rings. The molecule has 0 atom stereocenters. The first-order chi connectivity index (χ1) is 10.9. The van der Waals surface area contributed by atoms with Gasteiger partial charge >= 0.3 is 0 Å². The van der Waals surface area contributed by atoms with Gasteiger partial charge in [-0.05, 0) is 51.0 Å². The zero-order valence-electron chi connectivity index (χ0n) is 14.1. The Morgan fingerprint density at radius 1 is 0.739 bits per heavy atom. The summed E-state index contributed by atoms with van der Waals surface area (Å²) in [5, 5.41) is 0. The molecule has 0 radical (unpaired) electrons. The van der Waals surface area contributed by atoms with Gasteiger partial charge in [0.25, 0.3) is 0 Å². The number of aryl methyl sites for hydroxylation is 4. The monoisotopic (exact) mass is 310 g/mol. The van der Waals surface area contributed by atoms with Gasteiger partial charge in [-0.3, -0.25) is 9.59 Å². The molecule has 0 aromatic heterocycles. The van der Waals surface area contributed by atoms with Crippen LogP contribution in [0.5, 0.6) is 0 Å². The summed E-state index contributed by atoms with van der Waals surface area (Å²) >= 11 is 0. The summed E-state index contributed by atoms with van der Waals surface area (Å²) in [4.78, 5) is 24.4. The highest BCUT2D eigenvalue weighted by molar-refractivity contribution is 6.00. The van der Waals surface area contributed by atoms with E-state index in [0.717, 1.165) is 22.3 Å². The van der Waals surface area contributed by atoms with Crippen LogP contribution in [0.15, 0.2) is 36.4 Å². The minimum Gasteiger partial charge on any atom is -0.365 e. The fourth-order valence-electron chi connectivity index (χ4n) is 2.46. The largest absolute Gasteiger partial charge is 0.365 e. The average Bonchev–Trinajstić information content (AvgIpc) is 2.51. The van der Waals surface area contributed by atoms with Crippen molar-refractivity contribution in [1.29, 1.82) is 0 Å². The average molecular weight is 310 g/mol. The molecule has 2 rings (SSSR count). The van der Waals surface area contributed by atoms with Crippen molar-refractivity contribution in [3.05, 3.63) is 69.8 Å². The van der Waals surface area contributed by atoms with Gasteiger partial charge in [0.2, 0.25) is 0 Å². The molecule has 3 heteroatoms. The van der Waals surface area contributed by atoms with Crippen LogP contribution < -0.4 is 0 Å². The second-order valence-electron chi connectivity index (χ2n) is 5.98. The van der Waals surface area contributed by atoms with Crippen LogP contribution in [0.3, 0.4) is 0 Å². The van der Waals surface area contributed by atoms with Crippen LogP contribution >= 0.6 is 0 Å². The van der Waals surface area contributed by atoms with Crippen molar-refractivity contribution >= 4 is 11.6 Å². The van der Waals surface area contributed by atoms with E-state index < -0.39 is 0 Å². The Kier molecular flexibility index (Phi) is 5.45. The fourth-order valence-corrected chi connectivity index (χ4v) is 2.46. The zero-order chi connectivity index (χ0) is 17.0. The van der Waals surface area contributed by atoms with Crippen molar-refractivity contribution in [2.45, 2.75) is 27.7 Å². The van der Waals surface area contributed by atoms with Crippen LogP contribution in [0, 0.1) is 27.7 Å². The summed E-state index contributed by atoms with van der Waals surface area (Å²) in [6.45, 7) is 7.52. The van der Waals surface area contributed by atoms with Crippen LogP contribution in [-0.4, -0.2) is 24.8 Å². The van der Waals surface area contributed by atoms with E-state index >= 15 is 0 Å². The normalized spacial score (nSPS) is 10.6. The van der Waals surface area contributed by atoms with Gasteiger partial charge in [-0.2, -0.15) is 0 Å². The lowest BCUT2D eigenvalue weighted by Gasteiger charge is -2.08. The summed E-state index contributed by atoms with van der Waals surface area (Å²) < 4.78 is 5.36. The number of rotatable bonds is 6. The Morgan fingerprint density at radius 2 is 1.13 bits per heavy atom. The van der Waals surface area contributed by atoms with E-state index in [9.17, 15) is 9.59 Å². The van der Waals surface area contributed by atoms with E-state index in [1.54, 1.807) is 0 Å². The Morgan fingerprint density at radius 3 is 1.52 bits per heavy atom. The van der Waals surface area contributed by atoms with Gasteiger partial charge in [-0.1, -0.05) is 35.4 Å². The van der Waals surface area contributed by atoms with Gasteiger partial charge in [0, 0.05) is 11.1 Å². The standard InChI is InChI=1S/C20H22O3/c1-13-5-7-15(3)17(9-13)19(21)11-23-12-20(22)18-10-14(2)6-8-16(18)4/h5-10H,11-12H2,1-4H3. The van der Waals surface area contributed by atoms with Gasteiger partial charge in [-0.25, -0.2) is 0 Å². The number of ketones is 2. The molecule has 2 aromatic carbocycles. The van der Waals surface area contributed by atoms with Crippen molar-refractivity contribution in [3.8, 4) is 0 Å². The van der Waals surface area contributed by atoms with E-state index in [-0.39, 0.29) is 24.8 Å². The summed E-state index contributed by atoms with van der Waals surface area (Å²) in [6, 6.07) is 11.5. The summed E-state index contributed by atoms with van der Waals surface area (Å²) in [5.41, 5.74) is 5.22. The Labute approximate surface area is 137 Å². The molecule has 23 heavy (non-hydrogen) atoms. The smallest absolute Gasteiger partial charge is 0.188 e. The molecule has 0 amide bonds. The van der Waals surface area contributed by atoms with Crippen molar-refractivity contribution in [1.82, 2.24) is 0 Å². The Hall–Kier alpha value is -2.26. The van der Waals surface area contributed by atoms with Crippen LogP contribution in [0.25, 0.3) is 0 Å². The summed E-state index contributed by atoms with van der Waals surface area (Å²) in [5.74, 6) is -0.195. The van der Waals surface area contributed by atoms with Gasteiger partial charge < -0.3 is 4.74 Å². The number of hydrogen-bond donors (Lipinski definition) is 0. The lowest BCUT2D eigenvalue weighted by atomic mass is 10.0. The highest BCUT2D eigenvalue weighted by Gasteiger charge is 2.13. The topological polar surface area (TPSA) is 43.4 Å². The predicted octanol–water partition coefficient (Wildman–Crippen LogP) is 4.00. The third kappa shape index (κ3) is 4.36. The third-order valence-corrected chi connectivity index (χ3v) is 3.85. The van der Waals surface area contributed by atoms with E-state index in [0.29, 0.717) is 11.1 Å². The van der Waals surface area contributed by atoms with Crippen LogP contribution in [0.2, 0.25) is 0 Å². The Bertz CT molecular complexity index is 681. The molecule has 0 heterocycles. The van der Waals surface area contributed by atoms with E-state index in [1.165, 1.54) is 0 Å². The minimum atomic E-state index is -0.0973. The molecule has 3 nitrogen and oxygen atoms in total. The maximum Gasteiger partial charge on any atom is 0.188 e. The number of Topliss-reactive ketones (excluding diaryl/α,β-unsaturated/α-hetero) is 2. The molecule has 0 unspecified atom stereocenters. The predicted molar refractivity (Wildman–Crippen MR) is 91.3 cm³/mol. The minimum absolute atomic E-state index is 0.0824. The molecule has 0 aliphatic carbocycles. The quantitative estimate of drug-likeness (QED) is 0.757. The number of carbonyl (C=O) groups excluding carboxylic acids is 2. The van der Waals surface area contributed by atoms with Crippen molar-refractivity contribution < 1.29 is 14.3 Å². The SMILES string of the molecule is Cc1ccc(C)c(C(=O)COCC(=O)c2cc(C)ccc2C)c1. The molecular weight excluding hydrogens is 288 g/mol. The van der Waals surface area contributed by atoms with E-state index in [1.807, 2.05) is 64.1 Å². The van der Waals surface area contributed by atoms with Crippen molar-refractivity contribution in [3.63, 3.8) is 0 Å². The molecule has 0 bridgehead atoms. The molecular formula is C20H22O3.